The third kappa shape index (κ3) is 6.17. The molecule has 0 unspecified atom stereocenters. The number of anilines is 2. The Kier molecular flexibility index (Phi) is 7.95. The van der Waals surface area contributed by atoms with Gasteiger partial charge < -0.3 is 15.4 Å². The highest BCUT2D eigenvalue weighted by Gasteiger charge is 2.25. The quantitative estimate of drug-likeness (QED) is 0.272. The predicted molar refractivity (Wildman–Crippen MR) is 151 cm³/mol. The number of fused-ring (bicyclic) bond motifs is 1. The number of aromatic nitrogens is 2. The van der Waals surface area contributed by atoms with E-state index >= 15 is 0 Å². The first-order chi connectivity index (χ1) is 18.5. The zero-order valence-corrected chi connectivity index (χ0v) is 22.3. The number of amides is 2. The molecule has 0 spiro atoms. The number of nitrogens with one attached hydrogen (secondary N) is 3. The summed E-state index contributed by atoms with van der Waals surface area (Å²) in [5.74, 6) is 0.977. The van der Waals surface area contributed by atoms with Gasteiger partial charge in [0, 0.05) is 28.5 Å². The van der Waals surface area contributed by atoms with Crippen molar-refractivity contribution in [3.8, 4) is 0 Å². The van der Waals surface area contributed by atoms with Crippen LogP contribution in [0.15, 0.2) is 77.5 Å². The molecule has 0 bridgehead atoms. The van der Waals surface area contributed by atoms with Crippen LogP contribution in [0.1, 0.15) is 28.5 Å². The standard InChI is InChI=1S/C29H26BrN5O3/c1-18-11-21(15-32-14-18)23-9-10-31-16-26(23)34-28(36)27-25(12-20-7-8-22(30)13-24(20)33-27)35-29(37)38-17-19-5-3-2-4-6-19/h2-13,16,18,32H,14-15,17H2,1H3,(H,34,36)(H,35,37)/t18-/m0/s1. The molecule has 0 saturated carbocycles. The van der Waals surface area contributed by atoms with Crippen LogP contribution in [-0.4, -0.2) is 35.1 Å². The van der Waals surface area contributed by atoms with Gasteiger partial charge >= 0.3 is 6.09 Å². The van der Waals surface area contributed by atoms with E-state index in [4.69, 9.17) is 4.74 Å². The van der Waals surface area contributed by atoms with E-state index in [1.54, 1.807) is 18.5 Å². The maximum absolute atomic E-state index is 13.6. The smallest absolute Gasteiger partial charge is 0.412 e. The summed E-state index contributed by atoms with van der Waals surface area (Å²) >= 11 is 3.46. The molecular formula is C29H26BrN5O3. The van der Waals surface area contributed by atoms with Crippen LogP contribution in [0.3, 0.4) is 0 Å². The van der Waals surface area contributed by atoms with Crippen LogP contribution >= 0.6 is 15.9 Å². The van der Waals surface area contributed by atoms with Crippen molar-refractivity contribution >= 4 is 50.2 Å². The van der Waals surface area contributed by atoms with Crippen LogP contribution in [0, 0.1) is 18.3 Å². The molecule has 8 nitrogen and oxygen atoms in total. The molecule has 1 atom stereocenters. The lowest BCUT2D eigenvalue weighted by Gasteiger charge is -2.28. The minimum absolute atomic E-state index is 0.0613. The largest absolute Gasteiger partial charge is 0.444 e. The number of hydrogen-bond acceptors (Lipinski definition) is 6. The van der Waals surface area contributed by atoms with Gasteiger partial charge in [0.15, 0.2) is 5.69 Å². The topological polar surface area (TPSA) is 105 Å². The van der Waals surface area contributed by atoms with Crippen molar-refractivity contribution in [1.29, 1.82) is 0 Å². The Morgan fingerprint density at radius 3 is 2.74 bits per heavy atom. The van der Waals surface area contributed by atoms with Gasteiger partial charge in [0.25, 0.3) is 5.91 Å². The van der Waals surface area contributed by atoms with Gasteiger partial charge in [0.2, 0.25) is 0 Å². The Bertz CT molecular complexity index is 1460. The van der Waals surface area contributed by atoms with Crippen molar-refractivity contribution in [3.05, 3.63) is 107 Å². The number of benzene rings is 2. The third-order valence-corrected chi connectivity index (χ3v) is 6.62. The second kappa shape index (κ2) is 11.7. The van der Waals surface area contributed by atoms with E-state index in [9.17, 15) is 9.59 Å². The summed E-state index contributed by atoms with van der Waals surface area (Å²) in [6.45, 7) is 3.84. The van der Waals surface area contributed by atoms with Crippen molar-refractivity contribution in [2.45, 2.75) is 13.5 Å². The molecule has 38 heavy (non-hydrogen) atoms. The van der Waals surface area contributed by atoms with E-state index in [1.807, 2.05) is 54.6 Å². The third-order valence-electron chi connectivity index (χ3n) is 6.13. The minimum atomic E-state index is -0.685. The molecule has 5 rings (SSSR count). The van der Waals surface area contributed by atoms with Crippen LogP contribution in [0.2, 0.25) is 0 Å². The Morgan fingerprint density at radius 1 is 1.08 bits per heavy atom. The first kappa shape index (κ1) is 25.8. The fraction of sp³-hybridized carbons (Fsp3) is 0.172. The maximum atomic E-state index is 13.6. The molecule has 3 N–H and O–H groups in total. The number of carbonyl (C=O) groups is 2. The lowest BCUT2D eigenvalue weighted by atomic mass is 9.86. The van der Waals surface area contributed by atoms with E-state index in [0.717, 1.165) is 33.4 Å². The van der Waals surface area contributed by atoms with E-state index in [-0.39, 0.29) is 18.0 Å². The number of hydrogen-bond donors (Lipinski definition) is 3. The number of piperidine rings is 1. The fourth-order valence-electron chi connectivity index (χ4n) is 4.31. The molecular weight excluding hydrogens is 546 g/mol. The average Bonchev–Trinajstić information content (AvgIpc) is 2.92. The molecule has 1 saturated heterocycles. The second-order valence-corrected chi connectivity index (χ2v) is 10.00. The van der Waals surface area contributed by atoms with Crippen LogP contribution < -0.4 is 16.0 Å². The summed E-state index contributed by atoms with van der Waals surface area (Å²) in [6, 6.07) is 18.5. The summed E-state index contributed by atoms with van der Waals surface area (Å²) in [5, 5.41) is 9.82. The van der Waals surface area contributed by atoms with Gasteiger partial charge in [-0.05, 0) is 54.3 Å². The van der Waals surface area contributed by atoms with Gasteiger partial charge in [0.1, 0.15) is 6.61 Å². The Hall–Kier alpha value is -3.82. The summed E-state index contributed by atoms with van der Waals surface area (Å²) in [6.07, 6.45) is 4.83. The first-order valence-electron chi connectivity index (χ1n) is 12.2. The first-order valence-corrected chi connectivity index (χ1v) is 13.0. The van der Waals surface area contributed by atoms with Gasteiger partial charge in [0.05, 0.1) is 23.1 Å². The molecule has 4 aromatic rings. The Morgan fingerprint density at radius 2 is 1.92 bits per heavy atom. The molecule has 1 aliphatic rings. The molecule has 9 heteroatoms. The van der Waals surface area contributed by atoms with Gasteiger partial charge in [-0.15, -0.1) is 0 Å². The van der Waals surface area contributed by atoms with E-state index in [1.165, 1.54) is 0 Å². The lowest BCUT2D eigenvalue weighted by Crippen LogP contribution is -2.35. The van der Waals surface area contributed by atoms with Crippen LogP contribution in [0.5, 0.6) is 0 Å². The summed E-state index contributed by atoms with van der Waals surface area (Å²) in [4.78, 5) is 35.1. The zero-order valence-electron chi connectivity index (χ0n) is 20.7. The SMILES string of the molecule is C[C@H]1[CH][C](c2ccncc2NC(=O)c2nc3cc(Br)ccc3cc2NC(=O)OCc2ccccc2)CNC1. The van der Waals surface area contributed by atoms with Crippen molar-refractivity contribution in [1.82, 2.24) is 15.3 Å². The molecule has 1 aliphatic heterocycles. The number of halogens is 1. The molecule has 2 radical (unpaired) electrons. The Labute approximate surface area is 229 Å². The molecule has 1 fully saturated rings. The van der Waals surface area contributed by atoms with Crippen LogP contribution in [-0.2, 0) is 11.3 Å². The van der Waals surface area contributed by atoms with Crippen molar-refractivity contribution < 1.29 is 14.3 Å². The number of carbonyl (C=O) groups excluding carboxylic acids is 2. The fourth-order valence-corrected chi connectivity index (χ4v) is 4.66. The highest BCUT2D eigenvalue weighted by Crippen LogP contribution is 2.30. The van der Waals surface area contributed by atoms with Crippen LogP contribution in [0.25, 0.3) is 10.9 Å². The van der Waals surface area contributed by atoms with E-state index in [0.29, 0.717) is 23.7 Å². The van der Waals surface area contributed by atoms with E-state index in [2.05, 4.69) is 55.2 Å². The van der Waals surface area contributed by atoms with Crippen molar-refractivity contribution in [3.63, 3.8) is 0 Å². The number of pyridine rings is 2. The van der Waals surface area contributed by atoms with Crippen LogP contribution in [0.4, 0.5) is 16.2 Å². The average molecular weight is 572 g/mol. The van der Waals surface area contributed by atoms with Gasteiger partial charge in [-0.25, -0.2) is 9.78 Å². The maximum Gasteiger partial charge on any atom is 0.412 e. The van der Waals surface area contributed by atoms with Gasteiger partial charge in [-0.2, -0.15) is 0 Å². The highest BCUT2D eigenvalue weighted by atomic mass is 79.9. The summed E-state index contributed by atoms with van der Waals surface area (Å²) < 4.78 is 6.21. The lowest BCUT2D eigenvalue weighted by molar-refractivity contribution is 0.102. The number of nitrogens with zero attached hydrogens (tertiary/aromatic N) is 2. The monoisotopic (exact) mass is 571 g/mol. The molecule has 192 valence electrons. The molecule has 2 aromatic carbocycles. The molecule has 0 aliphatic carbocycles. The number of ether oxygens (including phenoxy) is 1. The summed E-state index contributed by atoms with van der Waals surface area (Å²) in [7, 11) is 0. The number of rotatable bonds is 6. The Balaban J connectivity index is 1.42. The zero-order chi connectivity index (χ0) is 26.5. The molecule has 2 aromatic heterocycles. The molecule has 2 amide bonds. The summed E-state index contributed by atoms with van der Waals surface area (Å²) in [5.41, 5.74) is 3.21. The van der Waals surface area contributed by atoms with E-state index < -0.39 is 12.0 Å². The predicted octanol–water partition coefficient (Wildman–Crippen LogP) is 5.76. The van der Waals surface area contributed by atoms with Crippen molar-refractivity contribution in [2.75, 3.05) is 23.7 Å². The van der Waals surface area contributed by atoms with Gasteiger partial charge in [-0.1, -0.05) is 59.3 Å². The van der Waals surface area contributed by atoms with Gasteiger partial charge in [-0.3, -0.25) is 15.1 Å². The second-order valence-electron chi connectivity index (χ2n) is 9.08. The van der Waals surface area contributed by atoms with Crippen molar-refractivity contribution in [2.24, 2.45) is 5.92 Å². The highest BCUT2D eigenvalue weighted by molar-refractivity contribution is 9.10. The normalized spacial score (nSPS) is 15.7. The molecule has 3 heterocycles. The minimum Gasteiger partial charge on any atom is -0.444 e.